The summed E-state index contributed by atoms with van der Waals surface area (Å²) in [5.41, 5.74) is 7.39. The summed E-state index contributed by atoms with van der Waals surface area (Å²) in [5, 5.41) is 8.98. The number of benzene rings is 3. The van der Waals surface area contributed by atoms with Gasteiger partial charge in [0.25, 0.3) is 0 Å². The normalized spacial score (nSPS) is 11.5. The molecule has 0 atom stereocenters. The van der Waals surface area contributed by atoms with Crippen LogP contribution in [-0.2, 0) is 0 Å². The molecular formula is C19H12BO2. The van der Waals surface area contributed by atoms with Gasteiger partial charge in [-0.3, -0.25) is 0 Å². The minimum absolute atomic E-state index is 0.309. The fourth-order valence-electron chi connectivity index (χ4n) is 2.94. The average molecular weight is 283 g/mol. The minimum Gasteiger partial charge on any atom is -0.478 e. The van der Waals surface area contributed by atoms with Crippen LogP contribution in [0.5, 0.6) is 0 Å². The lowest BCUT2D eigenvalue weighted by atomic mass is 9.68. The van der Waals surface area contributed by atoms with Gasteiger partial charge in [0, 0.05) is 0 Å². The molecule has 1 N–H and O–H groups in total. The van der Waals surface area contributed by atoms with Crippen molar-refractivity contribution in [2.75, 3.05) is 0 Å². The Morgan fingerprint density at radius 2 is 1.45 bits per heavy atom. The maximum absolute atomic E-state index is 10.9. The lowest BCUT2D eigenvalue weighted by Crippen LogP contribution is -2.20. The van der Waals surface area contributed by atoms with Crippen molar-refractivity contribution >= 4 is 24.2 Å². The zero-order chi connectivity index (χ0) is 15.1. The quantitative estimate of drug-likeness (QED) is 0.574. The predicted octanol–water partition coefficient (Wildman–Crippen LogP) is 2.69. The highest BCUT2D eigenvalue weighted by atomic mass is 16.4. The molecule has 0 saturated heterocycles. The lowest BCUT2D eigenvalue weighted by molar-refractivity contribution is 0.0697. The van der Waals surface area contributed by atoms with Crippen LogP contribution in [0.1, 0.15) is 10.4 Å². The van der Waals surface area contributed by atoms with Gasteiger partial charge in [-0.2, -0.15) is 0 Å². The third-order valence-electron chi connectivity index (χ3n) is 4.08. The second kappa shape index (κ2) is 4.88. The SMILES string of the molecule is O=C(O)c1ccc(-c2ccc3c(c2)-c2ccccc2[B]3)cc1. The highest BCUT2D eigenvalue weighted by Gasteiger charge is 2.19. The van der Waals surface area contributed by atoms with Gasteiger partial charge in [-0.25, -0.2) is 4.79 Å². The molecule has 0 aliphatic carbocycles. The minimum atomic E-state index is -0.899. The average Bonchev–Trinajstić information content (AvgIpc) is 2.92. The molecule has 0 unspecified atom stereocenters. The Morgan fingerprint density at radius 3 is 2.23 bits per heavy atom. The van der Waals surface area contributed by atoms with E-state index in [0.717, 1.165) is 11.1 Å². The molecule has 0 aromatic heterocycles. The molecule has 0 amide bonds. The Hall–Kier alpha value is -2.81. The van der Waals surface area contributed by atoms with E-state index in [4.69, 9.17) is 5.11 Å². The third-order valence-corrected chi connectivity index (χ3v) is 4.08. The van der Waals surface area contributed by atoms with Crippen molar-refractivity contribution in [2.45, 2.75) is 0 Å². The molecule has 0 saturated carbocycles. The molecule has 0 bridgehead atoms. The summed E-state index contributed by atoms with van der Waals surface area (Å²) in [7, 11) is 2.20. The first-order chi connectivity index (χ1) is 10.7. The van der Waals surface area contributed by atoms with E-state index < -0.39 is 5.97 Å². The zero-order valence-electron chi connectivity index (χ0n) is 11.8. The Labute approximate surface area is 129 Å². The van der Waals surface area contributed by atoms with Crippen molar-refractivity contribution in [2.24, 2.45) is 0 Å². The summed E-state index contributed by atoms with van der Waals surface area (Å²) in [6.45, 7) is 0. The van der Waals surface area contributed by atoms with Crippen LogP contribution >= 0.6 is 0 Å². The van der Waals surface area contributed by atoms with Gasteiger partial charge in [0.05, 0.1) is 5.56 Å². The van der Waals surface area contributed by atoms with Crippen molar-refractivity contribution in [1.82, 2.24) is 0 Å². The van der Waals surface area contributed by atoms with Crippen molar-refractivity contribution in [1.29, 1.82) is 0 Å². The molecule has 3 aromatic rings. The highest BCUT2D eigenvalue weighted by Crippen LogP contribution is 2.26. The van der Waals surface area contributed by atoms with Crippen LogP contribution in [0.25, 0.3) is 22.3 Å². The van der Waals surface area contributed by atoms with E-state index in [2.05, 4.69) is 43.7 Å². The van der Waals surface area contributed by atoms with E-state index in [1.54, 1.807) is 12.1 Å². The highest BCUT2D eigenvalue weighted by molar-refractivity contribution is 6.73. The van der Waals surface area contributed by atoms with Gasteiger partial charge in [-0.1, -0.05) is 59.5 Å². The number of hydrogen-bond acceptors (Lipinski definition) is 1. The molecule has 1 aliphatic heterocycles. The fourth-order valence-corrected chi connectivity index (χ4v) is 2.94. The second-order valence-electron chi connectivity index (χ2n) is 5.42. The number of fused-ring (bicyclic) bond motifs is 3. The third kappa shape index (κ3) is 2.02. The van der Waals surface area contributed by atoms with E-state index in [1.165, 1.54) is 22.1 Å². The topological polar surface area (TPSA) is 37.3 Å². The van der Waals surface area contributed by atoms with E-state index >= 15 is 0 Å². The van der Waals surface area contributed by atoms with Crippen LogP contribution in [0, 0.1) is 0 Å². The standard InChI is InChI=1S/C19H12BO2/c21-19(22)13-7-5-12(6-8-13)14-9-10-18-16(11-14)15-3-1-2-4-17(15)20-18/h1-11H,(H,21,22). The second-order valence-corrected chi connectivity index (χ2v) is 5.42. The largest absolute Gasteiger partial charge is 0.478 e. The molecular weight excluding hydrogens is 271 g/mol. The summed E-state index contributed by atoms with van der Waals surface area (Å²) in [6.07, 6.45) is 0. The van der Waals surface area contributed by atoms with Gasteiger partial charge in [0.1, 0.15) is 0 Å². The molecule has 3 heteroatoms. The zero-order valence-corrected chi connectivity index (χ0v) is 11.8. The number of hydrogen-bond donors (Lipinski definition) is 1. The number of aromatic carboxylic acids is 1. The molecule has 103 valence electrons. The first-order valence-corrected chi connectivity index (χ1v) is 7.14. The van der Waals surface area contributed by atoms with Crippen LogP contribution < -0.4 is 10.9 Å². The molecule has 0 fully saturated rings. The fraction of sp³-hybridized carbons (Fsp3) is 0. The molecule has 2 nitrogen and oxygen atoms in total. The van der Waals surface area contributed by atoms with Crippen LogP contribution in [0.3, 0.4) is 0 Å². The molecule has 3 aromatic carbocycles. The van der Waals surface area contributed by atoms with Crippen LogP contribution in [0.4, 0.5) is 0 Å². The maximum atomic E-state index is 10.9. The molecule has 1 heterocycles. The molecule has 4 rings (SSSR count). The number of carbonyl (C=O) groups is 1. The lowest BCUT2D eigenvalue weighted by Gasteiger charge is -2.07. The summed E-state index contributed by atoms with van der Waals surface area (Å²) in [5.74, 6) is -0.899. The number of carboxylic acid groups (broad SMARTS) is 1. The molecule has 0 spiro atoms. The Balaban J connectivity index is 1.78. The predicted molar refractivity (Wildman–Crippen MR) is 89.3 cm³/mol. The Morgan fingerprint density at radius 1 is 0.773 bits per heavy atom. The van der Waals surface area contributed by atoms with Gasteiger partial charge < -0.3 is 5.11 Å². The van der Waals surface area contributed by atoms with Crippen LogP contribution in [0.15, 0.2) is 66.7 Å². The summed E-state index contributed by atoms with van der Waals surface area (Å²) in [6, 6.07) is 21.7. The van der Waals surface area contributed by atoms with Gasteiger partial charge in [0.15, 0.2) is 7.28 Å². The van der Waals surface area contributed by atoms with Gasteiger partial charge >= 0.3 is 5.97 Å². The monoisotopic (exact) mass is 283 g/mol. The van der Waals surface area contributed by atoms with Crippen molar-refractivity contribution in [3.05, 3.63) is 72.3 Å². The van der Waals surface area contributed by atoms with Gasteiger partial charge in [-0.05, 0) is 40.5 Å². The maximum Gasteiger partial charge on any atom is 0.335 e. The Kier molecular flexibility index (Phi) is 2.86. The van der Waals surface area contributed by atoms with Crippen LogP contribution in [0.2, 0.25) is 0 Å². The molecule has 22 heavy (non-hydrogen) atoms. The van der Waals surface area contributed by atoms with E-state index in [9.17, 15) is 4.79 Å². The number of carboxylic acids is 1. The summed E-state index contributed by atoms with van der Waals surface area (Å²) in [4.78, 5) is 10.9. The van der Waals surface area contributed by atoms with Crippen molar-refractivity contribution < 1.29 is 9.90 Å². The molecule has 1 radical (unpaired) electrons. The van der Waals surface area contributed by atoms with Crippen LogP contribution in [-0.4, -0.2) is 18.4 Å². The van der Waals surface area contributed by atoms with Crippen molar-refractivity contribution in [3.8, 4) is 22.3 Å². The van der Waals surface area contributed by atoms with E-state index in [1.807, 2.05) is 18.2 Å². The Bertz CT molecular complexity index is 882. The van der Waals surface area contributed by atoms with E-state index in [0.29, 0.717) is 5.56 Å². The summed E-state index contributed by atoms with van der Waals surface area (Å²) < 4.78 is 0. The van der Waals surface area contributed by atoms with Crippen molar-refractivity contribution in [3.63, 3.8) is 0 Å². The van der Waals surface area contributed by atoms with E-state index in [-0.39, 0.29) is 0 Å². The van der Waals surface area contributed by atoms with Gasteiger partial charge in [0.2, 0.25) is 0 Å². The van der Waals surface area contributed by atoms with Gasteiger partial charge in [-0.15, -0.1) is 0 Å². The smallest absolute Gasteiger partial charge is 0.335 e. The first-order valence-electron chi connectivity index (χ1n) is 7.14. The first kappa shape index (κ1) is 12.9. The molecule has 1 aliphatic rings. The summed E-state index contributed by atoms with van der Waals surface area (Å²) >= 11 is 0. The number of rotatable bonds is 2.